The average Bonchev–Trinajstić information content (AvgIpc) is 2.63. The molecule has 0 bridgehead atoms. The zero-order chi connectivity index (χ0) is 17.2. The summed E-state index contributed by atoms with van der Waals surface area (Å²) in [6.07, 6.45) is 8.28. The SMILES string of the molecule is CCCCCCc1cccc(NN=C(Cl)c2cccc(SC)c2)c1. The largest absolute Gasteiger partial charge is 0.277 e. The molecule has 128 valence electrons. The van der Waals surface area contributed by atoms with E-state index in [-0.39, 0.29) is 0 Å². The fourth-order valence-electron chi connectivity index (χ4n) is 2.48. The second-order valence-corrected chi connectivity index (χ2v) is 7.00. The van der Waals surface area contributed by atoms with Crippen molar-refractivity contribution in [2.24, 2.45) is 5.10 Å². The summed E-state index contributed by atoms with van der Waals surface area (Å²) in [6.45, 7) is 2.24. The lowest BCUT2D eigenvalue weighted by Gasteiger charge is -2.06. The summed E-state index contributed by atoms with van der Waals surface area (Å²) in [5.74, 6) is 0. The molecule has 4 heteroatoms. The van der Waals surface area contributed by atoms with E-state index in [0.717, 1.165) is 17.7 Å². The van der Waals surface area contributed by atoms with Gasteiger partial charge in [-0.05, 0) is 48.9 Å². The first kappa shape index (κ1) is 18.9. The number of benzene rings is 2. The molecule has 2 rings (SSSR count). The van der Waals surface area contributed by atoms with E-state index in [9.17, 15) is 0 Å². The first-order valence-electron chi connectivity index (χ1n) is 8.45. The molecule has 0 aromatic heterocycles. The van der Waals surface area contributed by atoms with Crippen LogP contribution in [0.4, 0.5) is 5.69 Å². The van der Waals surface area contributed by atoms with Gasteiger partial charge in [-0.2, -0.15) is 5.10 Å². The number of nitrogens with zero attached hydrogens (tertiary/aromatic N) is 1. The Hall–Kier alpha value is -1.45. The first-order chi connectivity index (χ1) is 11.7. The van der Waals surface area contributed by atoms with Crippen molar-refractivity contribution < 1.29 is 0 Å². The van der Waals surface area contributed by atoms with Crippen molar-refractivity contribution in [2.75, 3.05) is 11.7 Å². The van der Waals surface area contributed by atoms with E-state index in [1.165, 1.54) is 36.1 Å². The Morgan fingerprint density at radius 2 is 1.92 bits per heavy atom. The van der Waals surface area contributed by atoms with Crippen LogP contribution in [0.5, 0.6) is 0 Å². The maximum absolute atomic E-state index is 6.32. The summed E-state index contributed by atoms with van der Waals surface area (Å²) < 4.78 is 0. The third-order valence-electron chi connectivity index (χ3n) is 3.84. The van der Waals surface area contributed by atoms with Crippen LogP contribution in [0.2, 0.25) is 0 Å². The molecular formula is C20H25ClN2S. The average molecular weight is 361 g/mol. The molecular weight excluding hydrogens is 336 g/mol. The number of rotatable bonds is 9. The van der Waals surface area contributed by atoms with Gasteiger partial charge >= 0.3 is 0 Å². The van der Waals surface area contributed by atoms with Crippen LogP contribution in [0.1, 0.15) is 43.7 Å². The minimum Gasteiger partial charge on any atom is -0.277 e. The molecule has 0 saturated heterocycles. The zero-order valence-electron chi connectivity index (χ0n) is 14.4. The van der Waals surface area contributed by atoms with Crippen LogP contribution in [0.3, 0.4) is 0 Å². The lowest BCUT2D eigenvalue weighted by molar-refractivity contribution is 0.667. The monoisotopic (exact) mass is 360 g/mol. The third kappa shape index (κ3) is 6.21. The Balaban J connectivity index is 1.97. The molecule has 1 N–H and O–H groups in total. The van der Waals surface area contributed by atoms with Crippen molar-refractivity contribution in [3.05, 3.63) is 59.7 Å². The fourth-order valence-corrected chi connectivity index (χ4v) is 3.10. The van der Waals surface area contributed by atoms with Crippen LogP contribution in [0.15, 0.2) is 58.5 Å². The van der Waals surface area contributed by atoms with Gasteiger partial charge in [0.1, 0.15) is 0 Å². The van der Waals surface area contributed by atoms with E-state index >= 15 is 0 Å². The molecule has 2 aromatic rings. The number of anilines is 1. The summed E-state index contributed by atoms with van der Waals surface area (Å²) >= 11 is 8.02. The summed E-state index contributed by atoms with van der Waals surface area (Å²) in [7, 11) is 0. The van der Waals surface area contributed by atoms with Crippen LogP contribution in [-0.2, 0) is 6.42 Å². The number of halogens is 1. The summed E-state index contributed by atoms with van der Waals surface area (Å²) in [5, 5.41) is 4.79. The number of hydrogen-bond acceptors (Lipinski definition) is 3. The Morgan fingerprint density at radius 1 is 1.08 bits per heavy atom. The number of nitrogens with one attached hydrogen (secondary N) is 1. The third-order valence-corrected chi connectivity index (χ3v) is 4.87. The zero-order valence-corrected chi connectivity index (χ0v) is 16.0. The van der Waals surface area contributed by atoms with Crippen LogP contribution in [-0.4, -0.2) is 11.4 Å². The van der Waals surface area contributed by atoms with Gasteiger partial charge in [0.25, 0.3) is 0 Å². The topological polar surface area (TPSA) is 24.4 Å². The highest BCUT2D eigenvalue weighted by Crippen LogP contribution is 2.18. The molecule has 0 aliphatic heterocycles. The van der Waals surface area contributed by atoms with E-state index in [1.54, 1.807) is 11.8 Å². The highest BCUT2D eigenvalue weighted by molar-refractivity contribution is 7.98. The maximum Gasteiger partial charge on any atom is 0.156 e. The molecule has 0 aliphatic carbocycles. The van der Waals surface area contributed by atoms with Crippen molar-refractivity contribution in [3.8, 4) is 0 Å². The smallest absolute Gasteiger partial charge is 0.156 e. The number of thioether (sulfide) groups is 1. The van der Waals surface area contributed by atoms with Crippen molar-refractivity contribution >= 4 is 34.2 Å². The molecule has 0 unspecified atom stereocenters. The lowest BCUT2D eigenvalue weighted by atomic mass is 10.1. The second-order valence-electron chi connectivity index (χ2n) is 5.76. The van der Waals surface area contributed by atoms with Gasteiger partial charge < -0.3 is 0 Å². The highest BCUT2D eigenvalue weighted by Gasteiger charge is 2.02. The standard InChI is InChI=1S/C20H25ClN2S/c1-3-4-5-6-9-16-10-7-12-18(14-16)22-23-20(21)17-11-8-13-19(15-17)24-2/h7-8,10-15,22H,3-6,9H2,1-2H3. The molecule has 2 nitrogen and oxygen atoms in total. The van der Waals surface area contributed by atoms with Gasteiger partial charge in [0, 0.05) is 10.5 Å². The van der Waals surface area contributed by atoms with Crippen LogP contribution in [0.25, 0.3) is 0 Å². The second kappa shape index (κ2) is 10.4. The van der Waals surface area contributed by atoms with E-state index in [1.807, 2.05) is 24.3 Å². The summed E-state index contributed by atoms with van der Waals surface area (Å²) in [5.41, 5.74) is 6.31. The van der Waals surface area contributed by atoms with Gasteiger partial charge in [0.05, 0.1) is 5.69 Å². The predicted octanol–water partition coefficient (Wildman–Crippen LogP) is 6.54. The van der Waals surface area contributed by atoms with Crippen molar-refractivity contribution in [1.82, 2.24) is 0 Å². The molecule has 0 saturated carbocycles. The fraction of sp³-hybridized carbons (Fsp3) is 0.350. The van der Waals surface area contributed by atoms with Crippen molar-refractivity contribution in [3.63, 3.8) is 0 Å². The van der Waals surface area contributed by atoms with E-state index < -0.39 is 0 Å². The van der Waals surface area contributed by atoms with Gasteiger partial charge in [-0.15, -0.1) is 11.8 Å². The molecule has 0 aliphatic rings. The molecule has 0 amide bonds. The van der Waals surface area contributed by atoms with E-state index in [2.05, 4.69) is 48.0 Å². The maximum atomic E-state index is 6.32. The molecule has 24 heavy (non-hydrogen) atoms. The van der Waals surface area contributed by atoms with Gasteiger partial charge in [0.2, 0.25) is 0 Å². The van der Waals surface area contributed by atoms with Crippen molar-refractivity contribution in [1.29, 1.82) is 0 Å². The minimum atomic E-state index is 0.472. The Labute approximate surface area is 154 Å². The Kier molecular flexibility index (Phi) is 8.20. The molecule has 0 fully saturated rings. The minimum absolute atomic E-state index is 0.472. The Morgan fingerprint density at radius 3 is 2.71 bits per heavy atom. The van der Waals surface area contributed by atoms with E-state index in [0.29, 0.717) is 5.17 Å². The van der Waals surface area contributed by atoms with Crippen molar-refractivity contribution in [2.45, 2.75) is 43.9 Å². The summed E-state index contributed by atoms with van der Waals surface area (Å²) in [6, 6.07) is 16.5. The van der Waals surface area contributed by atoms with E-state index in [4.69, 9.17) is 11.6 Å². The number of aryl methyl sites for hydroxylation is 1. The quantitative estimate of drug-likeness (QED) is 0.237. The van der Waals surface area contributed by atoms with Crippen LogP contribution < -0.4 is 5.43 Å². The molecule has 2 aromatic carbocycles. The first-order valence-corrected chi connectivity index (χ1v) is 10.1. The highest BCUT2D eigenvalue weighted by atomic mass is 35.5. The van der Waals surface area contributed by atoms with Gasteiger partial charge in [0.15, 0.2) is 5.17 Å². The number of unbranched alkanes of at least 4 members (excludes halogenated alkanes) is 3. The number of hydrazone groups is 1. The van der Waals surface area contributed by atoms with Gasteiger partial charge in [-0.25, -0.2) is 0 Å². The Bertz CT molecular complexity index is 670. The normalized spacial score (nSPS) is 11.5. The van der Waals surface area contributed by atoms with Gasteiger partial charge in [-0.1, -0.05) is 62.1 Å². The summed E-state index contributed by atoms with van der Waals surface area (Å²) in [4.78, 5) is 1.18. The molecule has 0 spiro atoms. The predicted molar refractivity (Wildman–Crippen MR) is 109 cm³/mol. The molecule has 0 radical (unpaired) electrons. The van der Waals surface area contributed by atoms with Crippen LogP contribution in [0, 0.1) is 0 Å². The molecule has 0 atom stereocenters. The van der Waals surface area contributed by atoms with Gasteiger partial charge in [-0.3, -0.25) is 5.43 Å². The molecule has 0 heterocycles. The van der Waals surface area contributed by atoms with Crippen LogP contribution >= 0.6 is 23.4 Å². The number of hydrogen-bond donors (Lipinski definition) is 1. The lowest BCUT2D eigenvalue weighted by Crippen LogP contribution is -1.98.